The average molecular weight is 208 g/mol. The van der Waals surface area contributed by atoms with Gasteiger partial charge in [-0.3, -0.25) is 14.9 Å². The molecule has 0 amide bonds. The Labute approximate surface area is 87.0 Å². The van der Waals surface area contributed by atoms with Gasteiger partial charge in [0.15, 0.2) is 5.78 Å². The first-order valence-corrected chi connectivity index (χ1v) is 4.48. The number of aryl methyl sites for hydroxylation is 1. The number of carbonyl (C=O) groups excluding carboxylic acids is 1. The quantitative estimate of drug-likeness (QED) is 0.462. The third kappa shape index (κ3) is 2.38. The van der Waals surface area contributed by atoms with Crippen LogP contribution in [0.3, 0.4) is 0 Å². The molecule has 0 spiro atoms. The van der Waals surface area contributed by atoms with Gasteiger partial charge in [0.25, 0.3) is 5.69 Å². The van der Waals surface area contributed by atoms with Gasteiger partial charge in [0.1, 0.15) is 0 Å². The summed E-state index contributed by atoms with van der Waals surface area (Å²) in [5.74, 6) is -0.215. The Kier molecular flexibility index (Phi) is 3.16. The van der Waals surface area contributed by atoms with E-state index in [9.17, 15) is 14.9 Å². The van der Waals surface area contributed by atoms with E-state index < -0.39 is 11.0 Å². The Bertz CT molecular complexity index is 413. The number of benzene rings is 1. The summed E-state index contributed by atoms with van der Waals surface area (Å²) in [5, 5.41) is 10.5. The Morgan fingerprint density at radius 2 is 2.13 bits per heavy atom. The molecule has 1 atom stereocenters. The van der Waals surface area contributed by atoms with E-state index in [4.69, 9.17) is 5.73 Å². The van der Waals surface area contributed by atoms with Crippen molar-refractivity contribution in [2.24, 2.45) is 5.73 Å². The Hall–Kier alpha value is -1.75. The molecule has 80 valence electrons. The predicted molar refractivity (Wildman–Crippen MR) is 55.8 cm³/mol. The van der Waals surface area contributed by atoms with Gasteiger partial charge in [-0.25, -0.2) is 0 Å². The summed E-state index contributed by atoms with van der Waals surface area (Å²) >= 11 is 0. The lowest BCUT2D eigenvalue weighted by molar-refractivity contribution is -0.385. The summed E-state index contributed by atoms with van der Waals surface area (Å²) in [7, 11) is 0. The van der Waals surface area contributed by atoms with Gasteiger partial charge in [-0.15, -0.1) is 0 Å². The van der Waals surface area contributed by atoms with Crippen molar-refractivity contribution in [2.45, 2.75) is 19.9 Å². The summed E-state index contributed by atoms with van der Waals surface area (Å²) in [5.41, 5.74) is 6.32. The minimum atomic E-state index is -0.592. The van der Waals surface area contributed by atoms with Gasteiger partial charge in [0.05, 0.1) is 11.0 Å². The lowest BCUT2D eigenvalue weighted by atomic mass is 10.0. The van der Waals surface area contributed by atoms with Crippen LogP contribution in [0.25, 0.3) is 0 Å². The summed E-state index contributed by atoms with van der Waals surface area (Å²) in [6.07, 6.45) is 0. The van der Waals surface area contributed by atoms with E-state index >= 15 is 0 Å². The Balaban J connectivity index is 3.12. The molecule has 2 N–H and O–H groups in total. The van der Waals surface area contributed by atoms with Crippen LogP contribution in [-0.2, 0) is 0 Å². The van der Waals surface area contributed by atoms with Gasteiger partial charge in [-0.1, -0.05) is 0 Å². The number of carbonyl (C=O) groups is 1. The highest BCUT2D eigenvalue weighted by Gasteiger charge is 2.15. The van der Waals surface area contributed by atoms with Crippen LogP contribution in [0.2, 0.25) is 0 Å². The second-order valence-electron chi connectivity index (χ2n) is 3.41. The van der Waals surface area contributed by atoms with Crippen LogP contribution in [-0.4, -0.2) is 16.7 Å². The zero-order valence-corrected chi connectivity index (χ0v) is 8.56. The first kappa shape index (κ1) is 11.3. The largest absolute Gasteiger partial charge is 0.321 e. The number of nitro groups is 1. The average Bonchev–Trinajstić information content (AvgIpc) is 2.15. The third-order valence-electron chi connectivity index (χ3n) is 2.09. The minimum Gasteiger partial charge on any atom is -0.321 e. The molecule has 0 bridgehead atoms. The number of Topliss-reactive ketones (excluding diaryl/α,β-unsaturated/α-hetero) is 1. The number of hydrogen-bond acceptors (Lipinski definition) is 4. The molecule has 1 rings (SSSR count). The molecule has 0 fully saturated rings. The fourth-order valence-corrected chi connectivity index (χ4v) is 1.28. The highest BCUT2D eigenvalue weighted by molar-refractivity contribution is 6.00. The van der Waals surface area contributed by atoms with Gasteiger partial charge in [0, 0.05) is 17.2 Å². The van der Waals surface area contributed by atoms with E-state index in [0.29, 0.717) is 11.1 Å². The topological polar surface area (TPSA) is 86.2 Å². The van der Waals surface area contributed by atoms with E-state index in [1.54, 1.807) is 13.8 Å². The molecule has 0 aliphatic rings. The van der Waals surface area contributed by atoms with Crippen molar-refractivity contribution < 1.29 is 9.72 Å². The fourth-order valence-electron chi connectivity index (χ4n) is 1.28. The lowest BCUT2D eigenvalue weighted by Crippen LogP contribution is -2.26. The number of nitro benzene ring substituents is 1. The number of hydrogen-bond donors (Lipinski definition) is 1. The zero-order chi connectivity index (χ0) is 11.6. The second-order valence-corrected chi connectivity index (χ2v) is 3.41. The first-order valence-electron chi connectivity index (χ1n) is 4.48. The van der Waals surface area contributed by atoms with Crippen molar-refractivity contribution in [1.82, 2.24) is 0 Å². The number of nitrogens with zero attached hydrogens (tertiary/aromatic N) is 1. The standard InChI is InChI=1S/C10H12N2O3/c1-6-5-8(10(13)7(2)11)3-4-9(6)12(14)15/h3-5,7H,11H2,1-2H3. The number of rotatable bonds is 3. The molecule has 0 aliphatic heterocycles. The number of nitrogens with two attached hydrogens (primary N) is 1. The maximum atomic E-state index is 11.5. The molecule has 1 aromatic rings. The molecule has 0 aromatic heterocycles. The highest BCUT2D eigenvalue weighted by Crippen LogP contribution is 2.19. The smallest absolute Gasteiger partial charge is 0.272 e. The normalized spacial score (nSPS) is 12.2. The fraction of sp³-hybridized carbons (Fsp3) is 0.300. The third-order valence-corrected chi connectivity index (χ3v) is 2.09. The predicted octanol–water partition coefficient (Wildman–Crippen LogP) is 1.43. The van der Waals surface area contributed by atoms with Crippen molar-refractivity contribution in [2.75, 3.05) is 0 Å². The summed E-state index contributed by atoms with van der Waals surface area (Å²) in [6.45, 7) is 3.18. The SMILES string of the molecule is Cc1cc(C(=O)C(C)N)ccc1[N+](=O)[O-]. The van der Waals surface area contributed by atoms with Gasteiger partial charge >= 0.3 is 0 Å². The first-order chi connectivity index (χ1) is 6.93. The van der Waals surface area contributed by atoms with Crippen LogP contribution in [0.15, 0.2) is 18.2 Å². The van der Waals surface area contributed by atoms with Crippen LogP contribution in [0.5, 0.6) is 0 Å². The molecule has 5 heteroatoms. The van der Waals surface area contributed by atoms with Gasteiger partial charge in [0.2, 0.25) is 0 Å². The zero-order valence-electron chi connectivity index (χ0n) is 8.56. The minimum absolute atomic E-state index is 0.0104. The highest BCUT2D eigenvalue weighted by atomic mass is 16.6. The monoisotopic (exact) mass is 208 g/mol. The maximum Gasteiger partial charge on any atom is 0.272 e. The molecule has 1 aromatic carbocycles. The molecule has 0 heterocycles. The molecule has 5 nitrogen and oxygen atoms in total. The van der Waals surface area contributed by atoms with E-state index in [2.05, 4.69) is 0 Å². The Morgan fingerprint density at radius 3 is 2.53 bits per heavy atom. The molecule has 0 saturated heterocycles. The van der Waals surface area contributed by atoms with Gasteiger partial charge < -0.3 is 5.73 Å². The van der Waals surface area contributed by atoms with E-state index in [1.807, 2.05) is 0 Å². The molecular weight excluding hydrogens is 196 g/mol. The number of ketones is 1. The molecule has 0 radical (unpaired) electrons. The van der Waals surface area contributed by atoms with Gasteiger partial charge in [-0.2, -0.15) is 0 Å². The van der Waals surface area contributed by atoms with Crippen LogP contribution in [0.1, 0.15) is 22.8 Å². The summed E-state index contributed by atoms with van der Waals surface area (Å²) < 4.78 is 0. The van der Waals surface area contributed by atoms with E-state index in [0.717, 1.165) is 0 Å². The van der Waals surface area contributed by atoms with Crippen LogP contribution in [0.4, 0.5) is 5.69 Å². The maximum absolute atomic E-state index is 11.5. The van der Waals surface area contributed by atoms with Crippen molar-refractivity contribution in [3.05, 3.63) is 39.4 Å². The van der Waals surface area contributed by atoms with Crippen molar-refractivity contribution in [1.29, 1.82) is 0 Å². The summed E-state index contributed by atoms with van der Waals surface area (Å²) in [4.78, 5) is 21.5. The lowest BCUT2D eigenvalue weighted by Gasteiger charge is -2.05. The molecular formula is C10H12N2O3. The molecule has 1 unspecified atom stereocenters. The van der Waals surface area contributed by atoms with E-state index in [-0.39, 0.29) is 11.5 Å². The Morgan fingerprint density at radius 1 is 1.53 bits per heavy atom. The van der Waals surface area contributed by atoms with Crippen molar-refractivity contribution in [3.63, 3.8) is 0 Å². The van der Waals surface area contributed by atoms with Crippen molar-refractivity contribution >= 4 is 11.5 Å². The van der Waals surface area contributed by atoms with Crippen LogP contribution < -0.4 is 5.73 Å². The second kappa shape index (κ2) is 4.18. The van der Waals surface area contributed by atoms with Crippen molar-refractivity contribution in [3.8, 4) is 0 Å². The van der Waals surface area contributed by atoms with Crippen LogP contribution >= 0.6 is 0 Å². The summed E-state index contributed by atoms with van der Waals surface area (Å²) in [6, 6.07) is 3.65. The van der Waals surface area contributed by atoms with Crippen LogP contribution in [0, 0.1) is 17.0 Å². The van der Waals surface area contributed by atoms with E-state index in [1.165, 1.54) is 18.2 Å². The molecule has 15 heavy (non-hydrogen) atoms. The molecule has 0 aliphatic carbocycles. The van der Waals surface area contributed by atoms with Gasteiger partial charge in [-0.05, 0) is 26.0 Å². The molecule has 0 saturated carbocycles.